The minimum absolute atomic E-state index is 0.0105. The van der Waals surface area contributed by atoms with E-state index in [0.717, 1.165) is 34.2 Å². The lowest BCUT2D eigenvalue weighted by atomic mass is 9.96. The Balaban J connectivity index is 1.68. The van der Waals surface area contributed by atoms with E-state index in [1.165, 1.54) is 19.3 Å². The van der Waals surface area contributed by atoms with Gasteiger partial charge in [-0.3, -0.25) is 4.79 Å². The lowest BCUT2D eigenvalue weighted by molar-refractivity contribution is -0.206. The number of carbonyl (C=O) groups excluding carboxylic acids is 2. The summed E-state index contributed by atoms with van der Waals surface area (Å²) in [4.78, 5) is 23.8. The Morgan fingerprint density at radius 2 is 1.59 bits per heavy atom. The first-order valence-electron chi connectivity index (χ1n) is 14.5. The van der Waals surface area contributed by atoms with E-state index in [1.807, 2.05) is 36.4 Å². The van der Waals surface area contributed by atoms with Gasteiger partial charge in [0.05, 0.1) is 51.1 Å². The number of aliphatic hydroxyl groups excluding tert-OH is 2. The maximum absolute atomic E-state index is 12.0. The molecule has 0 bridgehead atoms. The summed E-state index contributed by atoms with van der Waals surface area (Å²) >= 11 is 0. The van der Waals surface area contributed by atoms with Gasteiger partial charge in [-0.1, -0.05) is 75.2 Å². The van der Waals surface area contributed by atoms with Crippen LogP contribution >= 0.6 is 0 Å². The third-order valence-corrected chi connectivity index (χ3v) is 7.17. The van der Waals surface area contributed by atoms with Crippen molar-refractivity contribution in [1.29, 1.82) is 0 Å². The van der Waals surface area contributed by atoms with E-state index in [1.54, 1.807) is 6.92 Å². The molecule has 0 saturated carbocycles. The molecular weight excluding hydrogens is 524 g/mol. The van der Waals surface area contributed by atoms with Crippen molar-refractivity contribution in [2.45, 2.75) is 58.7 Å². The Bertz CT molecular complexity index is 1120. The molecule has 1 unspecified atom stereocenters. The maximum atomic E-state index is 12.0. The Hall–Kier alpha value is -3.04. The van der Waals surface area contributed by atoms with Crippen LogP contribution in [0, 0.1) is 11.8 Å². The minimum Gasteiger partial charge on any atom is -0.465 e. The number of aliphatic hydroxyl groups is 2. The van der Waals surface area contributed by atoms with Gasteiger partial charge in [-0.25, -0.2) is 4.79 Å². The van der Waals surface area contributed by atoms with Crippen LogP contribution in [0.2, 0.25) is 0 Å². The van der Waals surface area contributed by atoms with Crippen molar-refractivity contribution in [3.05, 3.63) is 71.3 Å². The van der Waals surface area contributed by atoms with Crippen LogP contribution in [-0.4, -0.2) is 61.8 Å². The molecule has 0 spiro atoms. The largest absolute Gasteiger partial charge is 0.465 e. The normalized spacial score (nSPS) is 17.6. The van der Waals surface area contributed by atoms with Crippen molar-refractivity contribution in [1.82, 2.24) is 0 Å². The number of rotatable bonds is 16. The fourth-order valence-electron chi connectivity index (χ4n) is 4.55. The summed E-state index contributed by atoms with van der Waals surface area (Å²) in [5, 5.41) is 18.3. The molecule has 3 rings (SSSR count). The summed E-state index contributed by atoms with van der Waals surface area (Å²) in [6.45, 7) is 8.35. The number of carbonyl (C=O) groups is 2. The summed E-state index contributed by atoms with van der Waals surface area (Å²) in [5.41, 5.74) is 4.88. The number of unbranched alkanes of at least 4 members (excludes halogenated alkanes) is 2. The highest BCUT2D eigenvalue weighted by molar-refractivity contribution is 5.87. The van der Waals surface area contributed by atoms with Crippen LogP contribution in [0.1, 0.15) is 62.5 Å². The van der Waals surface area contributed by atoms with Crippen LogP contribution in [0.25, 0.3) is 11.1 Å². The molecule has 1 fully saturated rings. The molecule has 224 valence electrons. The third-order valence-electron chi connectivity index (χ3n) is 7.17. The Kier molecular flexibility index (Phi) is 13.5. The number of ether oxygens (including phenoxy) is 4. The minimum atomic E-state index is -0.621. The summed E-state index contributed by atoms with van der Waals surface area (Å²) in [5.74, 6) is -1.17. The molecule has 1 aliphatic rings. The molecule has 8 heteroatoms. The zero-order valence-corrected chi connectivity index (χ0v) is 24.3. The molecule has 1 atom stereocenters. The van der Waals surface area contributed by atoms with Crippen LogP contribution in [0.5, 0.6) is 0 Å². The highest BCUT2D eigenvalue weighted by Crippen LogP contribution is 2.30. The number of hydrogen-bond acceptors (Lipinski definition) is 8. The maximum Gasteiger partial charge on any atom is 0.335 e. The van der Waals surface area contributed by atoms with E-state index in [9.17, 15) is 14.7 Å². The van der Waals surface area contributed by atoms with Crippen molar-refractivity contribution in [3.63, 3.8) is 0 Å². The number of benzene rings is 2. The standard InChI is InChI=1S/C33H44O8/c1-4-5-6-7-27-21-40-33(41-22-27)29-10-8-28(9-11-29)30-17-25(12-14-38-31(36)23(2)19-34)16-26(18-30)13-15-39-32(37)24(3)20-35/h8-11,16-18,24,27,33-35H,2,4-7,12-15,19-22H2,1,3H3. The summed E-state index contributed by atoms with van der Waals surface area (Å²) < 4.78 is 22.6. The zero-order valence-electron chi connectivity index (χ0n) is 24.3. The Morgan fingerprint density at radius 3 is 2.17 bits per heavy atom. The van der Waals surface area contributed by atoms with Gasteiger partial charge in [0, 0.05) is 24.3 Å². The van der Waals surface area contributed by atoms with Crippen molar-refractivity contribution in [3.8, 4) is 11.1 Å². The van der Waals surface area contributed by atoms with E-state index in [4.69, 9.17) is 24.1 Å². The monoisotopic (exact) mass is 568 g/mol. The van der Waals surface area contributed by atoms with Gasteiger partial charge in [-0.2, -0.15) is 0 Å². The average Bonchev–Trinajstić information content (AvgIpc) is 3.00. The highest BCUT2D eigenvalue weighted by atomic mass is 16.7. The Labute approximate surface area is 243 Å². The van der Waals surface area contributed by atoms with Crippen molar-refractivity contribution in [2.75, 3.05) is 39.6 Å². The predicted octanol–water partition coefficient (Wildman–Crippen LogP) is 4.94. The van der Waals surface area contributed by atoms with Crippen LogP contribution < -0.4 is 0 Å². The van der Waals surface area contributed by atoms with Crippen LogP contribution in [0.4, 0.5) is 0 Å². The summed E-state index contributed by atoms with van der Waals surface area (Å²) in [6, 6.07) is 14.2. The lowest BCUT2D eigenvalue weighted by Gasteiger charge is -2.29. The van der Waals surface area contributed by atoms with E-state index in [-0.39, 0.29) is 31.7 Å². The molecule has 41 heavy (non-hydrogen) atoms. The molecule has 1 heterocycles. The molecule has 8 nitrogen and oxygen atoms in total. The number of hydrogen-bond donors (Lipinski definition) is 2. The quantitative estimate of drug-likeness (QED) is 0.166. The first-order valence-corrected chi connectivity index (χ1v) is 14.5. The molecule has 2 aromatic carbocycles. The fourth-order valence-corrected chi connectivity index (χ4v) is 4.55. The van der Waals surface area contributed by atoms with Gasteiger partial charge in [0.25, 0.3) is 0 Å². The summed E-state index contributed by atoms with van der Waals surface area (Å²) in [7, 11) is 0. The predicted molar refractivity (Wildman–Crippen MR) is 156 cm³/mol. The van der Waals surface area contributed by atoms with E-state index < -0.39 is 24.5 Å². The smallest absolute Gasteiger partial charge is 0.335 e. The molecule has 0 radical (unpaired) electrons. The molecule has 0 aromatic heterocycles. The van der Waals surface area contributed by atoms with Crippen molar-refractivity contribution >= 4 is 11.9 Å². The van der Waals surface area contributed by atoms with Gasteiger partial charge < -0.3 is 29.2 Å². The first-order chi connectivity index (χ1) is 19.8. The molecule has 0 amide bonds. The first kappa shape index (κ1) is 32.5. The second-order valence-electron chi connectivity index (χ2n) is 10.7. The highest BCUT2D eigenvalue weighted by Gasteiger charge is 2.23. The van der Waals surface area contributed by atoms with Gasteiger partial charge >= 0.3 is 11.9 Å². The van der Waals surface area contributed by atoms with Gasteiger partial charge in [-0.15, -0.1) is 0 Å². The fraction of sp³-hybridized carbons (Fsp3) is 0.515. The lowest BCUT2D eigenvalue weighted by Crippen LogP contribution is -2.27. The SMILES string of the molecule is C=C(CO)C(=O)OCCc1cc(CCOC(=O)C(C)CO)cc(-c2ccc(C3OCC(CCCCC)CO3)cc2)c1. The van der Waals surface area contributed by atoms with Crippen molar-refractivity contribution in [2.24, 2.45) is 11.8 Å². The van der Waals surface area contributed by atoms with Gasteiger partial charge in [-0.05, 0) is 35.6 Å². The molecule has 2 N–H and O–H groups in total. The molecule has 1 saturated heterocycles. The van der Waals surface area contributed by atoms with Crippen LogP contribution in [-0.2, 0) is 41.4 Å². The van der Waals surface area contributed by atoms with E-state index in [2.05, 4.69) is 19.6 Å². The number of esters is 2. The van der Waals surface area contributed by atoms with E-state index >= 15 is 0 Å². The van der Waals surface area contributed by atoms with E-state index in [0.29, 0.717) is 32.0 Å². The second kappa shape index (κ2) is 17.0. The molecule has 2 aromatic rings. The summed E-state index contributed by atoms with van der Waals surface area (Å²) in [6.07, 6.45) is 5.38. The topological polar surface area (TPSA) is 112 Å². The molecule has 1 aliphatic heterocycles. The molecule has 0 aliphatic carbocycles. The van der Waals surface area contributed by atoms with Gasteiger partial charge in [0.15, 0.2) is 6.29 Å². The third kappa shape index (κ3) is 10.4. The van der Waals surface area contributed by atoms with Gasteiger partial charge in [0.1, 0.15) is 0 Å². The van der Waals surface area contributed by atoms with Gasteiger partial charge in [0.2, 0.25) is 0 Å². The van der Waals surface area contributed by atoms with Crippen LogP contribution in [0.15, 0.2) is 54.6 Å². The zero-order chi connectivity index (χ0) is 29.6. The molecular formula is C33H44O8. The Morgan fingerprint density at radius 1 is 0.951 bits per heavy atom. The van der Waals surface area contributed by atoms with Crippen molar-refractivity contribution < 1.29 is 38.7 Å². The average molecular weight is 569 g/mol. The second-order valence-corrected chi connectivity index (χ2v) is 10.7. The van der Waals surface area contributed by atoms with Crippen LogP contribution in [0.3, 0.4) is 0 Å².